The third-order valence-electron chi connectivity index (χ3n) is 4.97. The Bertz CT molecular complexity index is 893. The summed E-state index contributed by atoms with van der Waals surface area (Å²) in [7, 11) is 0. The number of nitrogens with zero attached hydrogens (tertiary/aromatic N) is 1. The average Bonchev–Trinajstić information content (AvgIpc) is 2.74. The Morgan fingerprint density at radius 1 is 0.967 bits per heavy atom. The van der Waals surface area contributed by atoms with Crippen LogP contribution in [0.1, 0.15) is 41.6 Å². The van der Waals surface area contributed by atoms with Gasteiger partial charge in [0.15, 0.2) is 0 Å². The highest BCUT2D eigenvalue weighted by atomic mass is 19.4. The molecule has 2 aromatic carbocycles. The van der Waals surface area contributed by atoms with E-state index in [1.165, 1.54) is 12.1 Å². The molecule has 1 fully saturated rings. The summed E-state index contributed by atoms with van der Waals surface area (Å²) < 4.78 is 38.8. The molecule has 0 aromatic heterocycles. The zero-order valence-electron chi connectivity index (χ0n) is 16.5. The summed E-state index contributed by atoms with van der Waals surface area (Å²) in [5.74, 6) is -0.373. The predicted molar refractivity (Wildman–Crippen MR) is 109 cm³/mol. The topological polar surface area (TPSA) is 61.4 Å². The summed E-state index contributed by atoms with van der Waals surface area (Å²) in [6.45, 7) is 1.72. The first-order valence-corrected chi connectivity index (χ1v) is 9.94. The maximum Gasteiger partial charge on any atom is 0.416 e. The van der Waals surface area contributed by atoms with Gasteiger partial charge in [0.05, 0.1) is 16.8 Å². The minimum absolute atomic E-state index is 0.0189. The summed E-state index contributed by atoms with van der Waals surface area (Å²) in [4.78, 5) is 26.6. The van der Waals surface area contributed by atoms with Crippen LogP contribution in [0.2, 0.25) is 0 Å². The number of likely N-dealkylation sites (tertiary alicyclic amines) is 1. The van der Waals surface area contributed by atoms with Crippen molar-refractivity contribution in [2.24, 2.45) is 0 Å². The lowest BCUT2D eigenvalue weighted by atomic mass is 10.1. The first-order valence-electron chi connectivity index (χ1n) is 9.94. The number of carbonyl (C=O) groups excluding carboxylic acids is 2. The maximum atomic E-state index is 12.9. The molecule has 0 atom stereocenters. The molecule has 5 nitrogen and oxygen atoms in total. The summed E-state index contributed by atoms with van der Waals surface area (Å²) in [6, 6.07) is 11.3. The molecule has 0 aliphatic carbocycles. The first kappa shape index (κ1) is 21.7. The molecule has 3 rings (SSSR count). The smallest absolute Gasteiger partial charge is 0.355 e. The van der Waals surface area contributed by atoms with Crippen molar-refractivity contribution in [2.45, 2.75) is 31.9 Å². The number of hydrogen-bond acceptors (Lipinski definition) is 3. The molecular weight excluding hydrogens is 395 g/mol. The van der Waals surface area contributed by atoms with Gasteiger partial charge in [0.2, 0.25) is 5.91 Å². The second-order valence-electron chi connectivity index (χ2n) is 7.20. The molecule has 2 N–H and O–H groups in total. The lowest BCUT2D eigenvalue weighted by Crippen LogP contribution is -2.37. The number of rotatable bonds is 6. The quantitative estimate of drug-likeness (QED) is 0.721. The monoisotopic (exact) mass is 419 g/mol. The van der Waals surface area contributed by atoms with Gasteiger partial charge in [0.1, 0.15) is 0 Å². The van der Waals surface area contributed by atoms with Crippen LogP contribution in [-0.4, -0.2) is 36.3 Å². The Morgan fingerprint density at radius 3 is 2.43 bits per heavy atom. The van der Waals surface area contributed by atoms with Gasteiger partial charge in [-0.1, -0.05) is 18.2 Å². The van der Waals surface area contributed by atoms with E-state index >= 15 is 0 Å². The Balaban J connectivity index is 1.62. The third kappa shape index (κ3) is 5.75. The largest absolute Gasteiger partial charge is 0.416 e. The SMILES string of the molecule is O=C(NCCC(=O)N1CCCCC1)c1ccccc1Nc1cccc(C(F)(F)F)c1. The standard InChI is InChI=1S/C22H24F3N3O2/c23-22(24,25)16-7-6-8-17(15-16)27-19-10-3-2-9-18(19)21(30)26-12-11-20(29)28-13-4-1-5-14-28/h2-3,6-10,15,27H,1,4-5,11-14H2,(H,26,30). The van der Waals surface area contributed by atoms with E-state index in [1.807, 2.05) is 4.90 Å². The Hall–Kier alpha value is -3.03. The lowest BCUT2D eigenvalue weighted by molar-refractivity contribution is -0.137. The zero-order valence-corrected chi connectivity index (χ0v) is 16.5. The molecule has 0 radical (unpaired) electrons. The molecule has 160 valence electrons. The molecule has 0 bridgehead atoms. The highest BCUT2D eigenvalue weighted by molar-refractivity contribution is 6.00. The fourth-order valence-corrected chi connectivity index (χ4v) is 3.40. The fraction of sp³-hybridized carbons (Fsp3) is 0.364. The van der Waals surface area contributed by atoms with Gasteiger partial charge in [-0.25, -0.2) is 0 Å². The highest BCUT2D eigenvalue weighted by Crippen LogP contribution is 2.31. The van der Waals surface area contributed by atoms with Crippen molar-refractivity contribution < 1.29 is 22.8 Å². The minimum atomic E-state index is -4.45. The number of halogens is 3. The molecule has 0 unspecified atom stereocenters. The number of anilines is 2. The van der Waals surface area contributed by atoms with E-state index in [0.29, 0.717) is 11.3 Å². The van der Waals surface area contributed by atoms with Crippen LogP contribution >= 0.6 is 0 Å². The Kier molecular flexibility index (Phi) is 6.97. The second kappa shape index (κ2) is 9.65. The van der Waals surface area contributed by atoms with Gasteiger partial charge in [-0.05, 0) is 49.6 Å². The van der Waals surface area contributed by atoms with Gasteiger partial charge < -0.3 is 15.5 Å². The van der Waals surface area contributed by atoms with Crippen LogP contribution in [0.5, 0.6) is 0 Å². The van der Waals surface area contributed by atoms with E-state index in [1.54, 1.807) is 24.3 Å². The average molecular weight is 419 g/mol. The van der Waals surface area contributed by atoms with E-state index in [-0.39, 0.29) is 24.6 Å². The molecule has 1 aliphatic rings. The zero-order chi connectivity index (χ0) is 21.6. The molecule has 30 heavy (non-hydrogen) atoms. The Labute approximate surface area is 173 Å². The fourth-order valence-electron chi connectivity index (χ4n) is 3.40. The summed E-state index contributed by atoms with van der Waals surface area (Å²) in [5.41, 5.74) is 0.132. The van der Waals surface area contributed by atoms with Crippen molar-refractivity contribution in [1.29, 1.82) is 0 Å². The van der Waals surface area contributed by atoms with Crippen LogP contribution in [0.4, 0.5) is 24.5 Å². The molecule has 1 aliphatic heterocycles. The minimum Gasteiger partial charge on any atom is -0.355 e. The van der Waals surface area contributed by atoms with E-state index in [0.717, 1.165) is 44.5 Å². The molecule has 1 heterocycles. The van der Waals surface area contributed by atoms with E-state index in [9.17, 15) is 22.8 Å². The van der Waals surface area contributed by atoms with Crippen LogP contribution in [0, 0.1) is 0 Å². The van der Waals surface area contributed by atoms with Gasteiger partial charge >= 0.3 is 6.18 Å². The van der Waals surface area contributed by atoms with Crippen LogP contribution in [-0.2, 0) is 11.0 Å². The molecule has 0 spiro atoms. The normalized spacial score (nSPS) is 14.3. The number of piperidine rings is 1. The van der Waals surface area contributed by atoms with E-state index in [4.69, 9.17) is 0 Å². The van der Waals surface area contributed by atoms with Crippen molar-refractivity contribution in [3.05, 3.63) is 59.7 Å². The molecule has 0 saturated carbocycles. The molecule has 2 aromatic rings. The Morgan fingerprint density at radius 2 is 1.70 bits per heavy atom. The van der Waals surface area contributed by atoms with Gasteiger partial charge in [-0.3, -0.25) is 9.59 Å². The van der Waals surface area contributed by atoms with Crippen LogP contribution in [0.15, 0.2) is 48.5 Å². The third-order valence-corrected chi connectivity index (χ3v) is 4.97. The number of benzene rings is 2. The van der Waals surface area contributed by atoms with Crippen molar-refractivity contribution in [2.75, 3.05) is 25.0 Å². The van der Waals surface area contributed by atoms with Crippen molar-refractivity contribution >= 4 is 23.2 Å². The number of alkyl halides is 3. The van der Waals surface area contributed by atoms with Crippen molar-refractivity contribution in [1.82, 2.24) is 10.2 Å². The highest BCUT2D eigenvalue weighted by Gasteiger charge is 2.30. The first-order chi connectivity index (χ1) is 14.3. The number of amides is 2. The van der Waals surface area contributed by atoms with E-state index in [2.05, 4.69) is 10.6 Å². The molecule has 1 saturated heterocycles. The van der Waals surface area contributed by atoms with Crippen LogP contribution < -0.4 is 10.6 Å². The van der Waals surface area contributed by atoms with Crippen molar-refractivity contribution in [3.8, 4) is 0 Å². The van der Waals surface area contributed by atoms with E-state index < -0.39 is 17.6 Å². The number of carbonyl (C=O) groups is 2. The van der Waals surface area contributed by atoms with Crippen LogP contribution in [0.25, 0.3) is 0 Å². The molecule has 2 amide bonds. The lowest BCUT2D eigenvalue weighted by Gasteiger charge is -2.26. The summed E-state index contributed by atoms with van der Waals surface area (Å²) >= 11 is 0. The van der Waals surface area contributed by atoms with Crippen molar-refractivity contribution in [3.63, 3.8) is 0 Å². The second-order valence-corrected chi connectivity index (χ2v) is 7.20. The van der Waals surface area contributed by atoms with Gasteiger partial charge in [-0.15, -0.1) is 0 Å². The summed E-state index contributed by atoms with van der Waals surface area (Å²) in [5, 5.41) is 5.61. The number of hydrogen-bond donors (Lipinski definition) is 2. The predicted octanol–water partition coefficient (Wildman–Crippen LogP) is 4.58. The molecular formula is C22H24F3N3O2. The summed E-state index contributed by atoms with van der Waals surface area (Å²) in [6.07, 6.45) is -1.08. The van der Waals surface area contributed by atoms with Gasteiger partial charge in [0.25, 0.3) is 5.91 Å². The van der Waals surface area contributed by atoms with Gasteiger partial charge in [-0.2, -0.15) is 13.2 Å². The number of para-hydroxylation sites is 1. The maximum absolute atomic E-state index is 12.9. The van der Waals surface area contributed by atoms with Crippen LogP contribution in [0.3, 0.4) is 0 Å². The number of nitrogens with one attached hydrogen (secondary N) is 2. The van der Waals surface area contributed by atoms with Gasteiger partial charge in [0, 0.05) is 31.7 Å². The molecule has 8 heteroatoms.